The Balaban J connectivity index is 2.61. The van der Waals surface area contributed by atoms with Gasteiger partial charge in [-0.3, -0.25) is 4.79 Å². The number of aromatic nitrogens is 2. The normalized spacial score (nSPS) is 10.7. The molecule has 0 aliphatic heterocycles. The standard InChI is InChI=1S/C9H7BrN2O3/c10-5-1-4(3-7(13)14)2-6-8(5)12-9(15)11-6/h1-2H,3H2,(H,13,14)(H2,11,12,15). The molecule has 0 amide bonds. The molecular formula is C9H7BrN2O3. The molecule has 1 heterocycles. The minimum Gasteiger partial charge on any atom is -0.481 e. The maximum absolute atomic E-state index is 11.0. The van der Waals surface area contributed by atoms with Gasteiger partial charge in [0.05, 0.1) is 17.5 Å². The van der Waals surface area contributed by atoms with Gasteiger partial charge in [0.2, 0.25) is 0 Å². The van der Waals surface area contributed by atoms with Gasteiger partial charge in [0, 0.05) is 4.47 Å². The van der Waals surface area contributed by atoms with Gasteiger partial charge < -0.3 is 15.1 Å². The average Bonchev–Trinajstić information content (AvgIpc) is 2.44. The van der Waals surface area contributed by atoms with Gasteiger partial charge in [-0.1, -0.05) is 0 Å². The third-order valence-electron chi connectivity index (χ3n) is 1.99. The predicted molar refractivity (Wildman–Crippen MR) is 58.0 cm³/mol. The molecule has 0 radical (unpaired) electrons. The molecule has 3 N–H and O–H groups in total. The van der Waals surface area contributed by atoms with Gasteiger partial charge >= 0.3 is 11.7 Å². The first-order valence-electron chi connectivity index (χ1n) is 4.18. The Morgan fingerprint density at radius 3 is 2.80 bits per heavy atom. The van der Waals surface area contributed by atoms with Crippen LogP contribution in [0.5, 0.6) is 0 Å². The van der Waals surface area contributed by atoms with Gasteiger partial charge in [0.1, 0.15) is 0 Å². The smallest absolute Gasteiger partial charge is 0.323 e. The summed E-state index contributed by atoms with van der Waals surface area (Å²) in [6, 6.07) is 3.33. The molecule has 78 valence electrons. The lowest BCUT2D eigenvalue weighted by Crippen LogP contribution is -2.00. The van der Waals surface area contributed by atoms with Crippen LogP contribution in [-0.2, 0) is 11.2 Å². The molecule has 1 aromatic heterocycles. The number of nitrogens with one attached hydrogen (secondary N) is 2. The SMILES string of the molecule is O=C(O)Cc1cc(Br)c2[nH]c(=O)[nH]c2c1. The highest BCUT2D eigenvalue weighted by atomic mass is 79.9. The predicted octanol–water partition coefficient (Wildman–Crippen LogP) is 1.25. The maximum Gasteiger partial charge on any atom is 0.323 e. The molecule has 1 aromatic carbocycles. The van der Waals surface area contributed by atoms with E-state index in [2.05, 4.69) is 25.9 Å². The molecule has 6 heteroatoms. The number of hydrogen-bond acceptors (Lipinski definition) is 2. The number of aliphatic carboxylic acids is 1. The van der Waals surface area contributed by atoms with Gasteiger partial charge in [-0.2, -0.15) is 0 Å². The van der Waals surface area contributed by atoms with Crippen LogP contribution in [0.1, 0.15) is 5.56 Å². The summed E-state index contributed by atoms with van der Waals surface area (Å²) in [4.78, 5) is 26.7. The largest absolute Gasteiger partial charge is 0.481 e. The highest BCUT2D eigenvalue weighted by Gasteiger charge is 2.07. The summed E-state index contributed by atoms with van der Waals surface area (Å²) < 4.78 is 0.676. The van der Waals surface area contributed by atoms with E-state index in [-0.39, 0.29) is 12.1 Å². The Morgan fingerprint density at radius 1 is 1.40 bits per heavy atom. The molecule has 15 heavy (non-hydrogen) atoms. The van der Waals surface area contributed by atoms with Crippen molar-refractivity contribution in [2.45, 2.75) is 6.42 Å². The zero-order valence-corrected chi connectivity index (χ0v) is 9.09. The molecule has 0 aliphatic carbocycles. The molecule has 0 fully saturated rings. The number of imidazole rings is 1. The first-order valence-corrected chi connectivity index (χ1v) is 4.98. The monoisotopic (exact) mass is 270 g/mol. The summed E-state index contributed by atoms with van der Waals surface area (Å²) in [6.07, 6.45) is -0.0677. The number of carbonyl (C=O) groups is 1. The Bertz CT molecular complexity index is 585. The van der Waals surface area contributed by atoms with Crippen molar-refractivity contribution >= 4 is 32.9 Å². The minimum atomic E-state index is -0.904. The van der Waals surface area contributed by atoms with Crippen LogP contribution >= 0.6 is 15.9 Å². The second kappa shape index (κ2) is 3.54. The van der Waals surface area contributed by atoms with Crippen LogP contribution in [0.2, 0.25) is 0 Å². The first kappa shape index (κ1) is 9.97. The van der Waals surface area contributed by atoms with Crippen LogP contribution in [-0.4, -0.2) is 21.0 Å². The van der Waals surface area contributed by atoms with Gasteiger partial charge in [-0.05, 0) is 33.6 Å². The molecular weight excluding hydrogens is 264 g/mol. The second-order valence-electron chi connectivity index (χ2n) is 3.15. The third-order valence-corrected chi connectivity index (χ3v) is 2.62. The van der Waals surface area contributed by atoms with E-state index in [1.807, 2.05) is 0 Å². The highest BCUT2D eigenvalue weighted by Crippen LogP contribution is 2.22. The number of hydrogen-bond donors (Lipinski definition) is 3. The zero-order chi connectivity index (χ0) is 11.0. The molecule has 5 nitrogen and oxygen atoms in total. The molecule has 0 aliphatic rings. The Hall–Kier alpha value is -1.56. The van der Waals surface area contributed by atoms with Crippen molar-refractivity contribution in [2.24, 2.45) is 0 Å². The lowest BCUT2D eigenvalue weighted by Gasteiger charge is -1.99. The van der Waals surface area contributed by atoms with E-state index in [4.69, 9.17) is 5.11 Å². The van der Waals surface area contributed by atoms with E-state index in [9.17, 15) is 9.59 Å². The van der Waals surface area contributed by atoms with Crippen LogP contribution < -0.4 is 5.69 Å². The van der Waals surface area contributed by atoms with E-state index in [0.29, 0.717) is 21.1 Å². The summed E-state index contributed by atoms with van der Waals surface area (Å²) in [5.74, 6) is -0.904. The molecule has 2 aromatic rings. The fourth-order valence-electron chi connectivity index (χ4n) is 1.43. The third kappa shape index (κ3) is 1.94. The van der Waals surface area contributed by atoms with Gasteiger partial charge in [0.15, 0.2) is 0 Å². The van der Waals surface area contributed by atoms with Crippen molar-refractivity contribution in [1.82, 2.24) is 9.97 Å². The summed E-state index contributed by atoms with van der Waals surface area (Å²) >= 11 is 3.27. The molecule has 0 saturated heterocycles. The Morgan fingerprint density at radius 2 is 2.13 bits per heavy atom. The van der Waals surface area contributed by atoms with E-state index < -0.39 is 5.97 Å². The van der Waals surface area contributed by atoms with Crippen molar-refractivity contribution in [1.29, 1.82) is 0 Å². The van der Waals surface area contributed by atoms with E-state index >= 15 is 0 Å². The number of carboxylic acid groups (broad SMARTS) is 1. The number of carboxylic acids is 1. The number of rotatable bonds is 2. The number of fused-ring (bicyclic) bond motifs is 1. The molecule has 0 saturated carbocycles. The maximum atomic E-state index is 11.0. The van der Waals surface area contributed by atoms with Crippen molar-refractivity contribution in [3.05, 3.63) is 32.7 Å². The minimum absolute atomic E-state index is 0.0677. The van der Waals surface area contributed by atoms with Crippen LogP contribution in [0, 0.1) is 0 Å². The second-order valence-corrected chi connectivity index (χ2v) is 4.00. The lowest BCUT2D eigenvalue weighted by atomic mass is 10.1. The van der Waals surface area contributed by atoms with E-state index in [0.717, 1.165) is 0 Å². The van der Waals surface area contributed by atoms with Gasteiger partial charge in [0.25, 0.3) is 0 Å². The van der Waals surface area contributed by atoms with Crippen molar-refractivity contribution in [2.75, 3.05) is 0 Å². The summed E-state index contributed by atoms with van der Waals surface area (Å²) in [7, 11) is 0. The first-order chi connectivity index (χ1) is 7.06. The van der Waals surface area contributed by atoms with E-state index in [1.54, 1.807) is 12.1 Å². The van der Waals surface area contributed by atoms with Gasteiger partial charge in [-0.15, -0.1) is 0 Å². The fourth-order valence-corrected chi connectivity index (χ4v) is 2.04. The highest BCUT2D eigenvalue weighted by molar-refractivity contribution is 9.10. The summed E-state index contributed by atoms with van der Waals surface area (Å²) in [5, 5.41) is 8.64. The van der Waals surface area contributed by atoms with Crippen molar-refractivity contribution in [3.63, 3.8) is 0 Å². The molecule has 0 bridgehead atoms. The van der Waals surface area contributed by atoms with Crippen LogP contribution in [0.15, 0.2) is 21.4 Å². The van der Waals surface area contributed by atoms with Crippen molar-refractivity contribution in [3.8, 4) is 0 Å². The summed E-state index contributed by atoms with van der Waals surface area (Å²) in [6.45, 7) is 0. The topological polar surface area (TPSA) is 85.9 Å². The average molecular weight is 271 g/mol. The van der Waals surface area contributed by atoms with Crippen LogP contribution in [0.4, 0.5) is 0 Å². The van der Waals surface area contributed by atoms with Crippen molar-refractivity contribution < 1.29 is 9.90 Å². The van der Waals surface area contributed by atoms with Gasteiger partial charge in [-0.25, -0.2) is 4.79 Å². The van der Waals surface area contributed by atoms with E-state index in [1.165, 1.54) is 0 Å². The molecule has 0 spiro atoms. The Labute approximate surface area is 92.3 Å². The molecule has 0 unspecified atom stereocenters. The molecule has 0 atom stereocenters. The number of aromatic amines is 2. The van der Waals surface area contributed by atoms with Crippen LogP contribution in [0.25, 0.3) is 11.0 Å². The summed E-state index contributed by atoms with van der Waals surface area (Å²) in [5.41, 5.74) is 1.58. The quantitative estimate of drug-likeness (QED) is 0.768. The lowest BCUT2D eigenvalue weighted by molar-refractivity contribution is -0.136. The zero-order valence-electron chi connectivity index (χ0n) is 7.50. The number of H-pyrrole nitrogens is 2. The number of halogens is 1. The number of benzene rings is 1. The fraction of sp³-hybridized carbons (Fsp3) is 0.111. The van der Waals surface area contributed by atoms with Crippen LogP contribution in [0.3, 0.4) is 0 Å². The Kier molecular flexibility index (Phi) is 2.36. The molecule has 2 rings (SSSR count).